The molecule has 28 heavy (non-hydrogen) atoms. The monoisotopic (exact) mass is 393 g/mol. The average Bonchev–Trinajstić information content (AvgIpc) is 3.27. The van der Waals surface area contributed by atoms with Crippen LogP contribution in [-0.4, -0.2) is 51.5 Å². The Bertz CT molecular complexity index is 942. The number of rotatable bonds is 5. The number of aromatic nitrogens is 3. The van der Waals surface area contributed by atoms with E-state index in [0.29, 0.717) is 6.54 Å². The van der Waals surface area contributed by atoms with Crippen molar-refractivity contribution in [2.75, 3.05) is 30.8 Å². The minimum atomic E-state index is 0.128. The fourth-order valence-electron chi connectivity index (χ4n) is 3.37. The molecule has 0 saturated carbocycles. The van der Waals surface area contributed by atoms with Crippen LogP contribution in [0.2, 0.25) is 0 Å². The number of para-hydroxylation sites is 1. The van der Waals surface area contributed by atoms with Gasteiger partial charge in [0.15, 0.2) is 0 Å². The number of anilines is 1. The van der Waals surface area contributed by atoms with Crippen LogP contribution in [0.5, 0.6) is 0 Å². The largest absolute Gasteiger partial charge is 0.309 e. The number of hydrogen-bond donors (Lipinski definition) is 0. The zero-order chi connectivity index (χ0) is 19.5. The molecule has 2 heterocycles. The molecule has 0 saturated heterocycles. The predicted molar refractivity (Wildman–Crippen MR) is 112 cm³/mol. The van der Waals surface area contributed by atoms with Gasteiger partial charge in [0.05, 0.1) is 17.9 Å². The normalized spacial score (nSPS) is 14.8. The molecule has 1 aliphatic heterocycles. The molecule has 1 aliphatic rings. The minimum absolute atomic E-state index is 0.128. The zero-order valence-corrected chi connectivity index (χ0v) is 16.8. The lowest BCUT2D eigenvalue weighted by molar-refractivity contribution is -0.119. The first kappa shape index (κ1) is 18.7. The second-order valence-corrected chi connectivity index (χ2v) is 8.02. The molecule has 4 rings (SSSR count). The van der Waals surface area contributed by atoms with Crippen molar-refractivity contribution in [3.8, 4) is 5.69 Å². The Kier molecular flexibility index (Phi) is 5.45. The molecule has 0 radical (unpaired) electrons. The van der Waals surface area contributed by atoms with Gasteiger partial charge in [-0.3, -0.25) is 9.69 Å². The standard InChI is InChI=1S/C21H23N5OS/c1-16(17-7-9-18(10-8-17)26-15-22-14-23-26)24(2)13-21(27)25-11-12-28-20-6-4-3-5-19(20)25/h3-10,14-16H,11-13H2,1-2H3. The highest BCUT2D eigenvalue weighted by atomic mass is 32.2. The highest BCUT2D eigenvalue weighted by molar-refractivity contribution is 7.99. The summed E-state index contributed by atoms with van der Waals surface area (Å²) in [4.78, 5) is 22.1. The molecule has 144 valence electrons. The maximum Gasteiger partial charge on any atom is 0.241 e. The van der Waals surface area contributed by atoms with E-state index in [1.54, 1.807) is 11.0 Å². The van der Waals surface area contributed by atoms with E-state index in [2.05, 4.69) is 40.1 Å². The van der Waals surface area contributed by atoms with E-state index >= 15 is 0 Å². The summed E-state index contributed by atoms with van der Waals surface area (Å²) in [6.07, 6.45) is 3.20. The highest BCUT2D eigenvalue weighted by Gasteiger charge is 2.24. The van der Waals surface area contributed by atoms with Gasteiger partial charge in [0.2, 0.25) is 5.91 Å². The van der Waals surface area contributed by atoms with Gasteiger partial charge in [0.25, 0.3) is 0 Å². The molecule has 2 aromatic carbocycles. The van der Waals surface area contributed by atoms with Crippen molar-refractivity contribution in [1.82, 2.24) is 19.7 Å². The molecule has 0 spiro atoms. The van der Waals surface area contributed by atoms with Crippen molar-refractivity contribution >= 4 is 23.4 Å². The van der Waals surface area contributed by atoms with Gasteiger partial charge in [-0.2, -0.15) is 5.10 Å². The van der Waals surface area contributed by atoms with Crippen molar-refractivity contribution < 1.29 is 4.79 Å². The lowest BCUT2D eigenvalue weighted by Gasteiger charge is -2.32. The highest BCUT2D eigenvalue weighted by Crippen LogP contribution is 2.34. The molecule has 3 aromatic rings. The average molecular weight is 394 g/mol. The van der Waals surface area contributed by atoms with Crippen LogP contribution < -0.4 is 4.90 Å². The van der Waals surface area contributed by atoms with Crippen molar-refractivity contribution in [3.63, 3.8) is 0 Å². The minimum Gasteiger partial charge on any atom is -0.309 e. The Morgan fingerprint density at radius 1 is 1.21 bits per heavy atom. The van der Waals surface area contributed by atoms with Crippen LogP contribution >= 0.6 is 11.8 Å². The van der Waals surface area contributed by atoms with Crippen molar-refractivity contribution in [2.24, 2.45) is 0 Å². The molecular formula is C21H23N5OS. The number of nitrogens with zero attached hydrogens (tertiary/aromatic N) is 5. The van der Waals surface area contributed by atoms with Crippen LogP contribution in [0.4, 0.5) is 5.69 Å². The Hall–Kier alpha value is -2.64. The first-order valence-corrected chi connectivity index (χ1v) is 10.3. The first-order chi connectivity index (χ1) is 13.6. The summed E-state index contributed by atoms with van der Waals surface area (Å²) in [6.45, 7) is 3.26. The second kappa shape index (κ2) is 8.16. The van der Waals surface area contributed by atoms with Crippen LogP contribution in [0.1, 0.15) is 18.5 Å². The van der Waals surface area contributed by atoms with Crippen LogP contribution in [0.3, 0.4) is 0 Å². The Labute approximate surface area is 169 Å². The summed E-state index contributed by atoms with van der Waals surface area (Å²) in [5.74, 6) is 1.08. The molecule has 0 fully saturated rings. The molecule has 1 atom stereocenters. The number of benzene rings is 2. The number of amides is 1. The van der Waals surface area contributed by atoms with E-state index in [1.807, 2.05) is 54.0 Å². The summed E-state index contributed by atoms with van der Waals surface area (Å²) in [5, 5.41) is 4.15. The Morgan fingerprint density at radius 2 is 2.00 bits per heavy atom. The van der Waals surface area contributed by atoms with Gasteiger partial charge in [-0.25, -0.2) is 9.67 Å². The van der Waals surface area contributed by atoms with Gasteiger partial charge >= 0.3 is 0 Å². The maximum absolute atomic E-state index is 13.0. The topological polar surface area (TPSA) is 54.3 Å². The Balaban J connectivity index is 1.43. The van der Waals surface area contributed by atoms with Crippen molar-refractivity contribution in [2.45, 2.75) is 17.9 Å². The van der Waals surface area contributed by atoms with E-state index in [4.69, 9.17) is 0 Å². The second-order valence-electron chi connectivity index (χ2n) is 6.88. The van der Waals surface area contributed by atoms with Crippen LogP contribution in [0, 0.1) is 0 Å². The van der Waals surface area contributed by atoms with E-state index in [9.17, 15) is 4.79 Å². The van der Waals surface area contributed by atoms with Gasteiger partial charge in [0, 0.05) is 23.2 Å². The van der Waals surface area contributed by atoms with E-state index in [1.165, 1.54) is 11.2 Å². The molecule has 0 bridgehead atoms. The number of thioether (sulfide) groups is 1. The summed E-state index contributed by atoms with van der Waals surface area (Å²) >= 11 is 1.81. The quantitative estimate of drug-likeness (QED) is 0.665. The molecule has 1 amide bonds. The number of fused-ring (bicyclic) bond motifs is 1. The predicted octanol–water partition coefficient (Wildman–Crippen LogP) is 3.40. The van der Waals surface area contributed by atoms with E-state index in [-0.39, 0.29) is 11.9 Å². The maximum atomic E-state index is 13.0. The first-order valence-electron chi connectivity index (χ1n) is 9.31. The van der Waals surface area contributed by atoms with Crippen molar-refractivity contribution in [3.05, 3.63) is 66.7 Å². The molecule has 6 nitrogen and oxygen atoms in total. The summed E-state index contributed by atoms with van der Waals surface area (Å²) in [5.41, 5.74) is 3.16. The molecular weight excluding hydrogens is 370 g/mol. The molecule has 0 N–H and O–H groups in total. The van der Waals surface area contributed by atoms with E-state index < -0.39 is 0 Å². The number of carbonyl (C=O) groups excluding carboxylic acids is 1. The molecule has 7 heteroatoms. The van der Waals surface area contributed by atoms with Crippen LogP contribution in [0.25, 0.3) is 5.69 Å². The van der Waals surface area contributed by atoms with Gasteiger partial charge < -0.3 is 4.90 Å². The van der Waals surface area contributed by atoms with Gasteiger partial charge in [-0.15, -0.1) is 11.8 Å². The van der Waals surface area contributed by atoms with Crippen LogP contribution in [0.15, 0.2) is 66.1 Å². The lowest BCUT2D eigenvalue weighted by atomic mass is 10.1. The molecule has 1 aromatic heterocycles. The fraction of sp³-hybridized carbons (Fsp3) is 0.286. The van der Waals surface area contributed by atoms with Gasteiger partial charge in [0.1, 0.15) is 12.7 Å². The van der Waals surface area contributed by atoms with Crippen LogP contribution in [-0.2, 0) is 4.79 Å². The SMILES string of the molecule is CC(c1ccc(-n2cncn2)cc1)N(C)CC(=O)N1CCSc2ccccc21. The fourth-order valence-corrected chi connectivity index (χ4v) is 4.36. The molecule has 1 unspecified atom stereocenters. The summed E-state index contributed by atoms with van der Waals surface area (Å²) < 4.78 is 1.73. The third kappa shape index (κ3) is 3.81. The van der Waals surface area contributed by atoms with Gasteiger partial charge in [-0.1, -0.05) is 24.3 Å². The molecule has 0 aliphatic carbocycles. The smallest absolute Gasteiger partial charge is 0.241 e. The summed E-state index contributed by atoms with van der Waals surface area (Å²) in [6, 6.07) is 16.5. The van der Waals surface area contributed by atoms with E-state index in [0.717, 1.165) is 29.2 Å². The third-order valence-electron chi connectivity index (χ3n) is 5.13. The summed E-state index contributed by atoms with van der Waals surface area (Å²) in [7, 11) is 2.00. The number of likely N-dealkylation sites (N-methyl/N-ethyl adjacent to an activating group) is 1. The Morgan fingerprint density at radius 3 is 2.75 bits per heavy atom. The van der Waals surface area contributed by atoms with Gasteiger partial charge in [-0.05, 0) is 43.8 Å². The number of carbonyl (C=O) groups is 1. The zero-order valence-electron chi connectivity index (χ0n) is 16.0. The van der Waals surface area contributed by atoms with Crippen molar-refractivity contribution in [1.29, 1.82) is 0 Å². The lowest BCUT2D eigenvalue weighted by Crippen LogP contribution is -2.42. The third-order valence-corrected chi connectivity index (χ3v) is 6.18. The number of hydrogen-bond acceptors (Lipinski definition) is 5.